The van der Waals surface area contributed by atoms with Gasteiger partial charge in [-0.15, -0.1) is 0 Å². The molecule has 0 aromatic heterocycles. The van der Waals surface area contributed by atoms with Gasteiger partial charge in [0.2, 0.25) is 0 Å². The molecule has 2 N–H and O–H groups in total. The van der Waals surface area contributed by atoms with E-state index in [0.717, 1.165) is 22.6 Å². The first-order chi connectivity index (χ1) is 13.0. The van der Waals surface area contributed by atoms with Gasteiger partial charge in [0.1, 0.15) is 23.0 Å². The lowest BCUT2D eigenvalue weighted by atomic mass is 10.1. The number of nitrogens with one attached hydrogen (secondary N) is 1. The number of hydrogen-bond donors (Lipinski definition) is 2. The maximum absolute atomic E-state index is 10.0. The molecule has 0 saturated heterocycles. The van der Waals surface area contributed by atoms with E-state index in [-0.39, 0.29) is 5.75 Å². The Labute approximate surface area is 160 Å². The average Bonchev–Trinajstić information content (AvgIpc) is 2.69. The lowest BCUT2D eigenvalue weighted by molar-refractivity contribution is 0.382. The molecule has 0 aliphatic heterocycles. The fourth-order valence-electron chi connectivity index (χ4n) is 2.70. The largest absolute Gasteiger partial charge is 0.508 e. The molecule has 0 unspecified atom stereocenters. The zero-order chi connectivity index (χ0) is 19.8. The Hall–Kier alpha value is -3.09. The van der Waals surface area contributed by atoms with Crippen LogP contribution in [0.3, 0.4) is 0 Å². The minimum atomic E-state index is 0.207. The van der Waals surface area contributed by atoms with Crippen molar-refractivity contribution in [2.45, 2.75) is 13.1 Å². The number of guanidine groups is 1. The monoisotopic (exact) mass is 373 g/mol. The van der Waals surface area contributed by atoms with E-state index in [0.29, 0.717) is 24.8 Å². The standard InChI is InChI=1S/C20H27N3O4/c1-21-20(22-12-15-10-16(25-3)8-9-18(15)24)23(2)13-14-6-7-17(26-4)11-19(14)27-5/h6-11,24H,12-13H2,1-5H3,(H,21,22). The van der Waals surface area contributed by atoms with Gasteiger partial charge in [0.25, 0.3) is 0 Å². The summed E-state index contributed by atoms with van der Waals surface area (Å²) in [6.07, 6.45) is 0. The van der Waals surface area contributed by atoms with Crippen molar-refractivity contribution in [2.75, 3.05) is 35.4 Å². The van der Waals surface area contributed by atoms with E-state index in [2.05, 4.69) is 10.3 Å². The summed E-state index contributed by atoms with van der Waals surface area (Å²) in [7, 11) is 8.51. The fourth-order valence-corrected chi connectivity index (χ4v) is 2.70. The van der Waals surface area contributed by atoms with Gasteiger partial charge in [0.05, 0.1) is 21.3 Å². The van der Waals surface area contributed by atoms with Crippen LogP contribution in [0.15, 0.2) is 41.4 Å². The molecule has 0 heterocycles. The molecule has 0 bridgehead atoms. The maximum atomic E-state index is 10.0. The van der Waals surface area contributed by atoms with Gasteiger partial charge in [0.15, 0.2) is 5.96 Å². The Morgan fingerprint density at radius 3 is 2.30 bits per heavy atom. The van der Waals surface area contributed by atoms with Crippen LogP contribution in [0, 0.1) is 0 Å². The summed E-state index contributed by atoms with van der Waals surface area (Å²) in [6, 6.07) is 10.8. The molecule has 2 rings (SSSR count). The summed E-state index contributed by atoms with van der Waals surface area (Å²) in [5.41, 5.74) is 1.74. The van der Waals surface area contributed by atoms with Gasteiger partial charge in [0, 0.05) is 44.4 Å². The summed E-state index contributed by atoms with van der Waals surface area (Å²) in [5.74, 6) is 3.08. The molecule has 0 saturated carbocycles. The van der Waals surface area contributed by atoms with Crippen LogP contribution in [0.1, 0.15) is 11.1 Å². The van der Waals surface area contributed by atoms with Gasteiger partial charge in [-0.3, -0.25) is 4.99 Å². The molecule has 0 aliphatic carbocycles. The molecule has 7 heteroatoms. The lowest BCUT2D eigenvalue weighted by Gasteiger charge is -2.23. The first-order valence-electron chi connectivity index (χ1n) is 8.51. The second-order valence-electron chi connectivity index (χ2n) is 5.93. The summed E-state index contributed by atoms with van der Waals surface area (Å²) < 4.78 is 15.9. The SMILES string of the molecule is CN=C(NCc1cc(OC)ccc1O)N(C)Cc1ccc(OC)cc1OC. The molecule has 0 spiro atoms. The number of hydrogen-bond acceptors (Lipinski definition) is 5. The van der Waals surface area contributed by atoms with Gasteiger partial charge >= 0.3 is 0 Å². The molecule has 27 heavy (non-hydrogen) atoms. The summed E-state index contributed by atoms with van der Waals surface area (Å²) >= 11 is 0. The van der Waals surface area contributed by atoms with Gasteiger partial charge in [-0.1, -0.05) is 0 Å². The predicted molar refractivity (Wildman–Crippen MR) is 106 cm³/mol. The number of methoxy groups -OCH3 is 3. The Morgan fingerprint density at radius 2 is 1.67 bits per heavy atom. The highest BCUT2D eigenvalue weighted by molar-refractivity contribution is 5.79. The number of phenolic OH excluding ortho intramolecular Hbond substituents is 1. The number of benzene rings is 2. The van der Waals surface area contributed by atoms with E-state index >= 15 is 0 Å². The van der Waals surface area contributed by atoms with Crippen LogP contribution < -0.4 is 19.5 Å². The van der Waals surface area contributed by atoms with Crippen LogP contribution in [0.4, 0.5) is 0 Å². The molecule has 0 fully saturated rings. The van der Waals surface area contributed by atoms with Crippen LogP contribution >= 0.6 is 0 Å². The molecule has 146 valence electrons. The molecule has 0 aliphatic rings. The van der Waals surface area contributed by atoms with E-state index in [1.54, 1.807) is 46.6 Å². The van der Waals surface area contributed by atoms with E-state index in [1.807, 2.05) is 30.1 Å². The first kappa shape index (κ1) is 20.2. The quantitative estimate of drug-likeness (QED) is 0.574. The minimum absolute atomic E-state index is 0.207. The summed E-state index contributed by atoms with van der Waals surface area (Å²) in [4.78, 5) is 6.29. The van der Waals surface area contributed by atoms with Gasteiger partial charge < -0.3 is 29.5 Å². The number of aromatic hydroxyl groups is 1. The van der Waals surface area contributed by atoms with E-state index in [4.69, 9.17) is 14.2 Å². The van der Waals surface area contributed by atoms with Crippen LogP contribution in [0.5, 0.6) is 23.0 Å². The highest BCUT2D eigenvalue weighted by Crippen LogP contribution is 2.26. The molecular weight excluding hydrogens is 346 g/mol. The maximum Gasteiger partial charge on any atom is 0.193 e. The Kier molecular flexibility index (Phi) is 7.16. The highest BCUT2D eigenvalue weighted by Gasteiger charge is 2.12. The third kappa shape index (κ3) is 5.20. The molecular formula is C20H27N3O4. The van der Waals surface area contributed by atoms with Crippen molar-refractivity contribution in [3.05, 3.63) is 47.5 Å². The van der Waals surface area contributed by atoms with Crippen molar-refractivity contribution in [1.82, 2.24) is 10.2 Å². The summed E-state index contributed by atoms with van der Waals surface area (Å²) in [5, 5.41) is 13.3. The van der Waals surface area contributed by atoms with Crippen LogP contribution in [0.25, 0.3) is 0 Å². The number of nitrogens with zero attached hydrogens (tertiary/aromatic N) is 2. The van der Waals surface area contributed by atoms with E-state index in [1.165, 1.54) is 0 Å². The third-order valence-electron chi connectivity index (χ3n) is 4.20. The minimum Gasteiger partial charge on any atom is -0.508 e. The van der Waals surface area contributed by atoms with Crippen molar-refractivity contribution in [1.29, 1.82) is 0 Å². The molecule has 0 radical (unpaired) electrons. The van der Waals surface area contributed by atoms with E-state index in [9.17, 15) is 5.11 Å². The second kappa shape index (κ2) is 9.56. The molecule has 2 aromatic rings. The lowest BCUT2D eigenvalue weighted by Crippen LogP contribution is -2.38. The first-order valence-corrected chi connectivity index (χ1v) is 8.51. The second-order valence-corrected chi connectivity index (χ2v) is 5.93. The van der Waals surface area contributed by atoms with Crippen molar-refractivity contribution in [3.8, 4) is 23.0 Å². The van der Waals surface area contributed by atoms with Gasteiger partial charge in [-0.25, -0.2) is 0 Å². The fraction of sp³-hybridized carbons (Fsp3) is 0.350. The molecule has 7 nitrogen and oxygen atoms in total. The van der Waals surface area contributed by atoms with Crippen molar-refractivity contribution in [2.24, 2.45) is 4.99 Å². The van der Waals surface area contributed by atoms with Crippen LogP contribution in [0.2, 0.25) is 0 Å². The van der Waals surface area contributed by atoms with E-state index < -0.39 is 0 Å². The predicted octanol–water partition coefficient (Wildman–Crippen LogP) is 2.63. The van der Waals surface area contributed by atoms with Crippen molar-refractivity contribution in [3.63, 3.8) is 0 Å². The Bertz CT molecular complexity index is 793. The number of aliphatic imine (C=N–C) groups is 1. The zero-order valence-corrected chi connectivity index (χ0v) is 16.4. The molecule has 0 atom stereocenters. The zero-order valence-electron chi connectivity index (χ0n) is 16.4. The van der Waals surface area contributed by atoms with Crippen molar-refractivity contribution < 1.29 is 19.3 Å². The number of phenols is 1. The number of rotatable bonds is 7. The normalized spacial score (nSPS) is 11.1. The Morgan fingerprint density at radius 1 is 1.00 bits per heavy atom. The van der Waals surface area contributed by atoms with Crippen LogP contribution in [-0.4, -0.2) is 51.4 Å². The molecule has 2 aromatic carbocycles. The topological polar surface area (TPSA) is 75.6 Å². The van der Waals surface area contributed by atoms with Crippen LogP contribution in [-0.2, 0) is 13.1 Å². The third-order valence-corrected chi connectivity index (χ3v) is 4.20. The number of ether oxygens (including phenoxy) is 3. The van der Waals surface area contributed by atoms with Crippen molar-refractivity contribution >= 4 is 5.96 Å². The van der Waals surface area contributed by atoms with Gasteiger partial charge in [-0.2, -0.15) is 0 Å². The molecule has 0 amide bonds. The van der Waals surface area contributed by atoms with Gasteiger partial charge in [-0.05, 0) is 30.3 Å². The summed E-state index contributed by atoms with van der Waals surface area (Å²) in [6.45, 7) is 1.01. The highest BCUT2D eigenvalue weighted by atomic mass is 16.5. The smallest absolute Gasteiger partial charge is 0.193 e. The average molecular weight is 373 g/mol. The Balaban J connectivity index is 2.07.